The van der Waals surface area contributed by atoms with Crippen LogP contribution in [0.25, 0.3) is 0 Å². The van der Waals surface area contributed by atoms with E-state index in [0.717, 1.165) is 18.5 Å². The number of nitrogens with one attached hydrogen (secondary N) is 2. The standard InChI is InChI=1S/C16H23N3O/c20-16(19-12-5-3-1-2-4-6-12)15-11-14(9-10-17-15)18-13-7-8-13/h9-13H,1-8H2,(H,17,18)(H,19,20). The molecule has 0 unspecified atom stereocenters. The quantitative estimate of drug-likeness (QED) is 0.829. The molecule has 2 fully saturated rings. The Balaban J connectivity index is 1.60. The summed E-state index contributed by atoms with van der Waals surface area (Å²) < 4.78 is 0. The first kappa shape index (κ1) is 13.4. The highest BCUT2D eigenvalue weighted by Gasteiger charge is 2.21. The van der Waals surface area contributed by atoms with E-state index in [-0.39, 0.29) is 5.91 Å². The summed E-state index contributed by atoms with van der Waals surface area (Å²) in [6.07, 6.45) is 11.4. The molecule has 1 amide bonds. The Labute approximate surface area is 120 Å². The highest BCUT2D eigenvalue weighted by atomic mass is 16.1. The smallest absolute Gasteiger partial charge is 0.270 e. The Bertz CT molecular complexity index is 463. The van der Waals surface area contributed by atoms with Crippen molar-refractivity contribution in [3.05, 3.63) is 24.0 Å². The molecule has 1 heterocycles. The van der Waals surface area contributed by atoms with E-state index in [1.165, 1.54) is 38.5 Å². The summed E-state index contributed by atoms with van der Waals surface area (Å²) in [6, 6.07) is 4.72. The molecule has 2 aliphatic rings. The lowest BCUT2D eigenvalue weighted by Crippen LogP contribution is -2.34. The van der Waals surface area contributed by atoms with Crippen LogP contribution in [-0.2, 0) is 0 Å². The minimum Gasteiger partial charge on any atom is -0.382 e. The fraction of sp³-hybridized carbons (Fsp3) is 0.625. The number of hydrogen-bond donors (Lipinski definition) is 2. The van der Waals surface area contributed by atoms with E-state index >= 15 is 0 Å². The maximum Gasteiger partial charge on any atom is 0.270 e. The fourth-order valence-corrected chi connectivity index (χ4v) is 2.79. The molecule has 2 saturated carbocycles. The summed E-state index contributed by atoms with van der Waals surface area (Å²) in [6.45, 7) is 0. The molecule has 1 aromatic heterocycles. The first-order chi connectivity index (χ1) is 9.81. The highest BCUT2D eigenvalue weighted by Crippen LogP contribution is 2.24. The van der Waals surface area contributed by atoms with E-state index in [2.05, 4.69) is 15.6 Å². The van der Waals surface area contributed by atoms with Crippen LogP contribution in [0.2, 0.25) is 0 Å². The zero-order valence-corrected chi connectivity index (χ0v) is 11.9. The molecule has 0 saturated heterocycles. The summed E-state index contributed by atoms with van der Waals surface area (Å²) in [5.74, 6) is -0.0312. The Morgan fingerprint density at radius 3 is 2.50 bits per heavy atom. The van der Waals surface area contributed by atoms with Gasteiger partial charge in [-0.3, -0.25) is 9.78 Å². The summed E-state index contributed by atoms with van der Waals surface area (Å²) in [7, 11) is 0. The van der Waals surface area contributed by atoms with Gasteiger partial charge in [0, 0.05) is 24.0 Å². The molecule has 0 atom stereocenters. The second-order valence-corrected chi connectivity index (χ2v) is 6.01. The van der Waals surface area contributed by atoms with Gasteiger partial charge in [-0.05, 0) is 37.8 Å². The van der Waals surface area contributed by atoms with Gasteiger partial charge in [-0.15, -0.1) is 0 Å². The van der Waals surface area contributed by atoms with Crippen LogP contribution >= 0.6 is 0 Å². The average molecular weight is 273 g/mol. The molecule has 4 nitrogen and oxygen atoms in total. The predicted octanol–water partition coefficient (Wildman–Crippen LogP) is 3.11. The van der Waals surface area contributed by atoms with Gasteiger partial charge in [0.1, 0.15) is 5.69 Å². The van der Waals surface area contributed by atoms with Crippen LogP contribution < -0.4 is 10.6 Å². The van der Waals surface area contributed by atoms with Gasteiger partial charge in [-0.25, -0.2) is 0 Å². The number of hydrogen-bond acceptors (Lipinski definition) is 3. The fourth-order valence-electron chi connectivity index (χ4n) is 2.79. The predicted molar refractivity (Wildman–Crippen MR) is 79.8 cm³/mol. The lowest BCUT2D eigenvalue weighted by molar-refractivity contribution is 0.0928. The van der Waals surface area contributed by atoms with Gasteiger partial charge < -0.3 is 10.6 Å². The number of carbonyl (C=O) groups is 1. The lowest BCUT2D eigenvalue weighted by atomic mass is 10.1. The van der Waals surface area contributed by atoms with E-state index in [0.29, 0.717) is 17.8 Å². The van der Waals surface area contributed by atoms with Crippen molar-refractivity contribution in [3.8, 4) is 0 Å². The van der Waals surface area contributed by atoms with E-state index in [9.17, 15) is 4.79 Å². The SMILES string of the molecule is O=C(NC1CCCCCC1)c1cc(NC2CC2)ccn1. The third kappa shape index (κ3) is 3.71. The van der Waals surface area contributed by atoms with Gasteiger partial charge in [-0.1, -0.05) is 25.7 Å². The highest BCUT2D eigenvalue weighted by molar-refractivity contribution is 5.93. The van der Waals surface area contributed by atoms with E-state index in [4.69, 9.17) is 0 Å². The van der Waals surface area contributed by atoms with Crippen LogP contribution in [0.4, 0.5) is 5.69 Å². The summed E-state index contributed by atoms with van der Waals surface area (Å²) >= 11 is 0. The van der Waals surface area contributed by atoms with Crippen LogP contribution in [0.5, 0.6) is 0 Å². The van der Waals surface area contributed by atoms with E-state index in [1.54, 1.807) is 6.20 Å². The maximum absolute atomic E-state index is 12.3. The second kappa shape index (κ2) is 6.25. The molecule has 0 aromatic carbocycles. The van der Waals surface area contributed by atoms with Crippen LogP contribution in [-0.4, -0.2) is 23.0 Å². The molecule has 2 aliphatic carbocycles. The van der Waals surface area contributed by atoms with Crippen molar-refractivity contribution in [2.45, 2.75) is 63.5 Å². The molecular formula is C16H23N3O. The first-order valence-electron chi connectivity index (χ1n) is 7.85. The Kier molecular flexibility index (Phi) is 4.19. The van der Waals surface area contributed by atoms with Gasteiger partial charge in [0.15, 0.2) is 0 Å². The largest absolute Gasteiger partial charge is 0.382 e. The van der Waals surface area contributed by atoms with E-state index < -0.39 is 0 Å². The molecule has 0 aliphatic heterocycles. The summed E-state index contributed by atoms with van der Waals surface area (Å²) in [4.78, 5) is 16.5. The molecular weight excluding hydrogens is 250 g/mol. The summed E-state index contributed by atoms with van der Waals surface area (Å²) in [5.41, 5.74) is 1.54. The van der Waals surface area contributed by atoms with Gasteiger partial charge in [0.05, 0.1) is 0 Å². The number of carbonyl (C=O) groups excluding carboxylic acids is 1. The van der Waals surface area contributed by atoms with Crippen molar-refractivity contribution in [3.63, 3.8) is 0 Å². The molecule has 20 heavy (non-hydrogen) atoms. The minimum absolute atomic E-state index is 0.0312. The van der Waals surface area contributed by atoms with Crippen molar-refractivity contribution < 1.29 is 4.79 Å². The van der Waals surface area contributed by atoms with Crippen molar-refractivity contribution >= 4 is 11.6 Å². The van der Waals surface area contributed by atoms with Crippen molar-refractivity contribution in [2.75, 3.05) is 5.32 Å². The number of nitrogens with zero attached hydrogens (tertiary/aromatic N) is 1. The third-order valence-corrected chi connectivity index (χ3v) is 4.13. The van der Waals surface area contributed by atoms with Gasteiger partial charge in [0.25, 0.3) is 5.91 Å². The number of rotatable bonds is 4. The molecule has 4 heteroatoms. The average Bonchev–Trinajstić information content (AvgIpc) is 3.27. The van der Waals surface area contributed by atoms with Crippen LogP contribution in [0.3, 0.4) is 0 Å². The second-order valence-electron chi connectivity index (χ2n) is 6.01. The molecule has 2 N–H and O–H groups in total. The zero-order valence-electron chi connectivity index (χ0n) is 11.9. The molecule has 0 bridgehead atoms. The van der Waals surface area contributed by atoms with Crippen LogP contribution in [0.15, 0.2) is 18.3 Å². The normalized spacial score (nSPS) is 20.2. The Hall–Kier alpha value is -1.58. The molecule has 1 aromatic rings. The number of anilines is 1. The Morgan fingerprint density at radius 2 is 1.80 bits per heavy atom. The van der Waals surface area contributed by atoms with Crippen LogP contribution in [0, 0.1) is 0 Å². The van der Waals surface area contributed by atoms with Crippen LogP contribution in [0.1, 0.15) is 61.9 Å². The van der Waals surface area contributed by atoms with Gasteiger partial charge in [0.2, 0.25) is 0 Å². The number of aromatic nitrogens is 1. The first-order valence-corrected chi connectivity index (χ1v) is 7.85. The molecule has 0 radical (unpaired) electrons. The van der Waals surface area contributed by atoms with Crippen molar-refractivity contribution in [2.24, 2.45) is 0 Å². The monoisotopic (exact) mass is 273 g/mol. The van der Waals surface area contributed by atoms with Gasteiger partial charge in [-0.2, -0.15) is 0 Å². The lowest BCUT2D eigenvalue weighted by Gasteiger charge is -2.16. The summed E-state index contributed by atoms with van der Waals surface area (Å²) in [5, 5.41) is 6.55. The topological polar surface area (TPSA) is 54.0 Å². The number of amides is 1. The van der Waals surface area contributed by atoms with E-state index in [1.807, 2.05) is 12.1 Å². The minimum atomic E-state index is -0.0312. The Morgan fingerprint density at radius 1 is 1.05 bits per heavy atom. The molecule has 3 rings (SSSR count). The van der Waals surface area contributed by atoms with Crippen molar-refractivity contribution in [1.29, 1.82) is 0 Å². The van der Waals surface area contributed by atoms with Crippen molar-refractivity contribution in [1.82, 2.24) is 10.3 Å². The van der Waals surface area contributed by atoms with Gasteiger partial charge >= 0.3 is 0 Å². The maximum atomic E-state index is 12.3. The zero-order chi connectivity index (χ0) is 13.8. The number of pyridine rings is 1. The molecule has 108 valence electrons. The third-order valence-electron chi connectivity index (χ3n) is 4.13. The molecule has 0 spiro atoms.